The van der Waals surface area contributed by atoms with Gasteiger partial charge in [-0.05, 0) is 49.8 Å². The molecule has 0 spiro atoms. The number of ether oxygens (including phenoxy) is 1. The van der Waals surface area contributed by atoms with Gasteiger partial charge in [0.15, 0.2) is 0 Å². The number of fused-ring (bicyclic) bond motifs is 1. The first kappa shape index (κ1) is 10.3. The van der Waals surface area contributed by atoms with Crippen molar-refractivity contribution in [1.29, 1.82) is 0 Å². The molecule has 82 valence electrons. The lowest BCUT2D eigenvalue weighted by Gasteiger charge is -2.27. The van der Waals surface area contributed by atoms with Crippen LogP contribution in [0.3, 0.4) is 0 Å². The number of hydrogen-bond acceptors (Lipinski definition) is 2. The van der Waals surface area contributed by atoms with E-state index in [0.717, 1.165) is 29.9 Å². The third-order valence-corrected chi connectivity index (χ3v) is 3.41. The van der Waals surface area contributed by atoms with Gasteiger partial charge in [0, 0.05) is 5.56 Å². The van der Waals surface area contributed by atoms with Crippen LogP contribution in [0.2, 0.25) is 0 Å². The average Bonchev–Trinajstić information content (AvgIpc) is 2.23. The Kier molecular flexibility index (Phi) is 2.37. The fourth-order valence-corrected chi connectivity index (χ4v) is 2.26. The van der Waals surface area contributed by atoms with Crippen LogP contribution in [0.1, 0.15) is 29.2 Å². The molecule has 0 saturated carbocycles. The van der Waals surface area contributed by atoms with Crippen LogP contribution < -0.4 is 4.74 Å². The summed E-state index contributed by atoms with van der Waals surface area (Å²) in [7, 11) is 0. The van der Waals surface area contributed by atoms with Crippen LogP contribution in [-0.4, -0.2) is 11.7 Å². The second-order valence-corrected chi connectivity index (χ2v) is 4.65. The Balaban J connectivity index is 2.65. The zero-order valence-electron chi connectivity index (χ0n) is 9.85. The summed E-state index contributed by atoms with van der Waals surface area (Å²) in [4.78, 5) is 0. The van der Waals surface area contributed by atoms with Gasteiger partial charge in [0.1, 0.15) is 11.5 Å². The van der Waals surface area contributed by atoms with E-state index in [4.69, 9.17) is 4.74 Å². The van der Waals surface area contributed by atoms with E-state index >= 15 is 0 Å². The summed E-state index contributed by atoms with van der Waals surface area (Å²) < 4.78 is 5.72. The zero-order chi connectivity index (χ0) is 11.2. The van der Waals surface area contributed by atoms with E-state index < -0.39 is 0 Å². The molecule has 1 aromatic rings. The van der Waals surface area contributed by atoms with E-state index in [1.807, 2.05) is 13.8 Å². The summed E-state index contributed by atoms with van der Waals surface area (Å²) in [5.41, 5.74) is 4.34. The van der Waals surface area contributed by atoms with Gasteiger partial charge in [-0.25, -0.2) is 0 Å². The van der Waals surface area contributed by atoms with Gasteiger partial charge in [-0.2, -0.15) is 0 Å². The summed E-state index contributed by atoms with van der Waals surface area (Å²) in [6.07, 6.45) is 1.06. The van der Waals surface area contributed by atoms with E-state index in [-0.39, 0.29) is 0 Å². The predicted octanol–water partition coefficient (Wildman–Crippen LogP) is 2.89. The Bertz CT molecular complexity index is 408. The molecule has 2 nitrogen and oxygen atoms in total. The Morgan fingerprint density at radius 1 is 1.13 bits per heavy atom. The van der Waals surface area contributed by atoms with E-state index in [1.165, 1.54) is 11.1 Å². The molecule has 0 aromatic heterocycles. The Hall–Kier alpha value is -1.18. The third-order valence-electron chi connectivity index (χ3n) is 3.41. The summed E-state index contributed by atoms with van der Waals surface area (Å²) in [6, 6.07) is 0. The smallest absolute Gasteiger partial charge is 0.129 e. The lowest BCUT2D eigenvalue weighted by molar-refractivity contribution is 0.230. The molecule has 1 aliphatic heterocycles. The molecule has 15 heavy (non-hydrogen) atoms. The van der Waals surface area contributed by atoms with Crippen molar-refractivity contribution < 1.29 is 9.84 Å². The van der Waals surface area contributed by atoms with Gasteiger partial charge >= 0.3 is 0 Å². The van der Waals surface area contributed by atoms with E-state index in [2.05, 4.69) is 13.8 Å². The zero-order valence-corrected chi connectivity index (χ0v) is 9.85. The highest BCUT2D eigenvalue weighted by atomic mass is 16.5. The lowest BCUT2D eigenvalue weighted by atomic mass is 9.89. The van der Waals surface area contributed by atoms with Crippen LogP contribution in [-0.2, 0) is 6.42 Å². The maximum atomic E-state index is 9.93. The summed E-state index contributed by atoms with van der Waals surface area (Å²) >= 11 is 0. The molecule has 1 atom stereocenters. The molecular formula is C13H18O2. The normalized spacial score (nSPS) is 19.6. The van der Waals surface area contributed by atoms with Crippen molar-refractivity contribution in [2.24, 2.45) is 5.92 Å². The molecule has 1 unspecified atom stereocenters. The van der Waals surface area contributed by atoms with Crippen molar-refractivity contribution >= 4 is 0 Å². The highest BCUT2D eigenvalue weighted by Gasteiger charge is 2.23. The van der Waals surface area contributed by atoms with Crippen molar-refractivity contribution in [3.05, 3.63) is 22.3 Å². The SMILES string of the molecule is Cc1c(C)c2c(c(C)c1O)OCC(C)C2. The van der Waals surface area contributed by atoms with Gasteiger partial charge in [0.2, 0.25) is 0 Å². The maximum Gasteiger partial charge on any atom is 0.129 e. The topological polar surface area (TPSA) is 29.5 Å². The first-order valence-corrected chi connectivity index (χ1v) is 5.46. The van der Waals surface area contributed by atoms with Crippen LogP contribution >= 0.6 is 0 Å². The van der Waals surface area contributed by atoms with Gasteiger partial charge in [-0.1, -0.05) is 6.92 Å². The second kappa shape index (κ2) is 3.44. The van der Waals surface area contributed by atoms with E-state index in [0.29, 0.717) is 11.7 Å². The highest BCUT2D eigenvalue weighted by Crippen LogP contribution is 2.40. The lowest BCUT2D eigenvalue weighted by Crippen LogP contribution is -2.20. The van der Waals surface area contributed by atoms with E-state index in [9.17, 15) is 5.11 Å². The Morgan fingerprint density at radius 2 is 1.80 bits per heavy atom. The quantitative estimate of drug-likeness (QED) is 0.707. The number of hydrogen-bond donors (Lipinski definition) is 1. The molecule has 2 rings (SSSR count). The van der Waals surface area contributed by atoms with Gasteiger partial charge in [0.05, 0.1) is 6.61 Å². The number of benzene rings is 1. The minimum atomic E-state index is 0.390. The van der Waals surface area contributed by atoms with Crippen molar-refractivity contribution in [3.8, 4) is 11.5 Å². The first-order chi connectivity index (χ1) is 7.02. The molecule has 0 amide bonds. The standard InChI is InChI=1S/C13H18O2/c1-7-5-11-8(2)9(3)12(14)10(4)13(11)15-6-7/h7,14H,5-6H2,1-4H3. The highest BCUT2D eigenvalue weighted by molar-refractivity contribution is 5.58. The van der Waals surface area contributed by atoms with Crippen LogP contribution in [0.25, 0.3) is 0 Å². The largest absolute Gasteiger partial charge is 0.507 e. The number of aromatic hydroxyl groups is 1. The number of phenols is 1. The molecule has 0 aliphatic carbocycles. The van der Waals surface area contributed by atoms with Crippen LogP contribution in [0.4, 0.5) is 0 Å². The van der Waals surface area contributed by atoms with Gasteiger partial charge in [-0.3, -0.25) is 0 Å². The molecule has 2 heteroatoms. The molecular weight excluding hydrogens is 188 g/mol. The molecule has 0 radical (unpaired) electrons. The van der Waals surface area contributed by atoms with Gasteiger partial charge in [-0.15, -0.1) is 0 Å². The van der Waals surface area contributed by atoms with Crippen LogP contribution in [0, 0.1) is 26.7 Å². The monoisotopic (exact) mass is 206 g/mol. The van der Waals surface area contributed by atoms with Gasteiger partial charge in [0.25, 0.3) is 0 Å². The second-order valence-electron chi connectivity index (χ2n) is 4.65. The summed E-state index contributed by atoms with van der Waals surface area (Å²) in [5, 5.41) is 9.93. The fraction of sp³-hybridized carbons (Fsp3) is 0.538. The van der Waals surface area contributed by atoms with Crippen molar-refractivity contribution in [2.45, 2.75) is 34.1 Å². The Labute approximate surface area is 90.9 Å². The van der Waals surface area contributed by atoms with Crippen molar-refractivity contribution in [1.82, 2.24) is 0 Å². The maximum absolute atomic E-state index is 9.93. The molecule has 1 aliphatic rings. The number of phenolic OH excluding ortho intramolecular Hbond substituents is 1. The minimum absolute atomic E-state index is 0.390. The van der Waals surface area contributed by atoms with Crippen molar-refractivity contribution in [2.75, 3.05) is 6.61 Å². The molecule has 1 N–H and O–H groups in total. The van der Waals surface area contributed by atoms with Crippen LogP contribution in [0.5, 0.6) is 11.5 Å². The van der Waals surface area contributed by atoms with Gasteiger partial charge < -0.3 is 9.84 Å². The Morgan fingerprint density at radius 3 is 2.47 bits per heavy atom. The molecule has 0 bridgehead atoms. The predicted molar refractivity (Wildman–Crippen MR) is 60.7 cm³/mol. The van der Waals surface area contributed by atoms with E-state index in [1.54, 1.807) is 0 Å². The first-order valence-electron chi connectivity index (χ1n) is 5.46. The number of rotatable bonds is 0. The fourth-order valence-electron chi connectivity index (χ4n) is 2.26. The average molecular weight is 206 g/mol. The molecule has 1 aromatic carbocycles. The van der Waals surface area contributed by atoms with Crippen molar-refractivity contribution in [3.63, 3.8) is 0 Å². The molecule has 1 heterocycles. The molecule has 0 saturated heterocycles. The minimum Gasteiger partial charge on any atom is -0.507 e. The molecule has 0 fully saturated rings. The summed E-state index contributed by atoms with van der Waals surface area (Å²) in [5.74, 6) is 1.87. The third kappa shape index (κ3) is 1.48. The van der Waals surface area contributed by atoms with Crippen LogP contribution in [0.15, 0.2) is 0 Å². The summed E-state index contributed by atoms with van der Waals surface area (Å²) in [6.45, 7) is 8.91.